The molecule has 5 heteroatoms. The van der Waals surface area contributed by atoms with E-state index in [9.17, 15) is 0 Å². The van der Waals surface area contributed by atoms with Gasteiger partial charge in [-0.3, -0.25) is 0 Å². The van der Waals surface area contributed by atoms with E-state index in [-0.39, 0.29) is 0 Å². The van der Waals surface area contributed by atoms with Gasteiger partial charge in [-0.25, -0.2) is 4.98 Å². The lowest BCUT2D eigenvalue weighted by Crippen LogP contribution is -2.01. The number of ether oxygens (including phenoxy) is 1. The van der Waals surface area contributed by atoms with Gasteiger partial charge in [-0.1, -0.05) is 36.4 Å². The normalized spacial score (nSPS) is 10.3. The minimum Gasteiger partial charge on any atom is -0.457 e. The van der Waals surface area contributed by atoms with Crippen LogP contribution in [0.5, 0.6) is 11.5 Å². The third-order valence-electron chi connectivity index (χ3n) is 4.15. The third kappa shape index (κ3) is 4.45. The molecule has 0 aliphatic heterocycles. The molecule has 2 N–H and O–H groups in total. The number of aryl methyl sites for hydroxylation is 1. The predicted octanol–water partition coefficient (Wildman–Crippen LogP) is 6.06. The number of nitrogens with one attached hydrogen (secondary N) is 2. The van der Waals surface area contributed by atoms with Crippen LogP contribution in [0, 0.1) is 6.92 Å². The molecule has 1 heterocycles. The van der Waals surface area contributed by atoms with Gasteiger partial charge >= 0.3 is 0 Å². The van der Waals surface area contributed by atoms with E-state index >= 15 is 0 Å². The summed E-state index contributed by atoms with van der Waals surface area (Å²) in [6.07, 6.45) is 1.73. The number of nitrogens with zero attached hydrogens (tertiary/aromatic N) is 2. The summed E-state index contributed by atoms with van der Waals surface area (Å²) < 4.78 is 5.82. The van der Waals surface area contributed by atoms with Crippen LogP contribution in [-0.2, 0) is 0 Å². The van der Waals surface area contributed by atoms with Crippen molar-refractivity contribution in [3.63, 3.8) is 0 Å². The van der Waals surface area contributed by atoms with E-state index in [1.165, 1.54) is 0 Å². The summed E-state index contributed by atoms with van der Waals surface area (Å²) >= 11 is 0. The number of benzene rings is 3. The molecule has 1 aromatic heterocycles. The van der Waals surface area contributed by atoms with Crippen molar-refractivity contribution in [2.24, 2.45) is 0 Å². The van der Waals surface area contributed by atoms with Crippen LogP contribution in [0.15, 0.2) is 91.1 Å². The predicted molar refractivity (Wildman–Crippen MR) is 113 cm³/mol. The molecule has 0 saturated heterocycles. The number of anilines is 4. The van der Waals surface area contributed by atoms with Gasteiger partial charge in [0.1, 0.15) is 17.3 Å². The van der Waals surface area contributed by atoms with Crippen molar-refractivity contribution in [3.05, 3.63) is 96.7 Å². The van der Waals surface area contributed by atoms with Crippen LogP contribution in [0.4, 0.5) is 23.1 Å². The first-order valence-corrected chi connectivity index (χ1v) is 9.02. The van der Waals surface area contributed by atoms with Crippen molar-refractivity contribution in [3.8, 4) is 11.5 Å². The van der Waals surface area contributed by atoms with Crippen LogP contribution in [0.1, 0.15) is 5.56 Å². The van der Waals surface area contributed by atoms with Gasteiger partial charge < -0.3 is 15.4 Å². The summed E-state index contributed by atoms with van der Waals surface area (Å²) in [6.45, 7) is 2.05. The second-order valence-electron chi connectivity index (χ2n) is 6.27. The molecule has 0 unspecified atom stereocenters. The lowest BCUT2D eigenvalue weighted by Gasteiger charge is -2.10. The summed E-state index contributed by atoms with van der Waals surface area (Å²) in [5.74, 6) is 2.85. The van der Waals surface area contributed by atoms with Gasteiger partial charge in [0.15, 0.2) is 0 Å². The Bertz CT molecular complexity index is 1050. The highest BCUT2D eigenvalue weighted by molar-refractivity contribution is 5.61. The number of rotatable bonds is 6. The van der Waals surface area contributed by atoms with Gasteiger partial charge in [-0.15, -0.1) is 0 Å². The van der Waals surface area contributed by atoms with Crippen molar-refractivity contribution >= 4 is 23.1 Å². The van der Waals surface area contributed by atoms with E-state index in [1.807, 2.05) is 91.9 Å². The lowest BCUT2D eigenvalue weighted by molar-refractivity contribution is 0.483. The van der Waals surface area contributed by atoms with Crippen LogP contribution < -0.4 is 15.4 Å². The molecule has 4 rings (SSSR count). The van der Waals surface area contributed by atoms with Crippen LogP contribution in [0.3, 0.4) is 0 Å². The molecule has 0 amide bonds. The van der Waals surface area contributed by atoms with E-state index in [0.717, 1.165) is 28.4 Å². The van der Waals surface area contributed by atoms with Gasteiger partial charge in [-0.2, -0.15) is 4.98 Å². The average molecular weight is 368 g/mol. The van der Waals surface area contributed by atoms with Crippen LogP contribution in [-0.4, -0.2) is 9.97 Å². The van der Waals surface area contributed by atoms with Gasteiger partial charge in [0, 0.05) is 17.6 Å². The fourth-order valence-corrected chi connectivity index (χ4v) is 2.70. The second kappa shape index (κ2) is 8.22. The van der Waals surface area contributed by atoms with E-state index in [4.69, 9.17) is 4.74 Å². The summed E-state index contributed by atoms with van der Waals surface area (Å²) in [4.78, 5) is 8.83. The van der Waals surface area contributed by atoms with Crippen molar-refractivity contribution in [1.29, 1.82) is 0 Å². The Hall–Kier alpha value is -3.86. The van der Waals surface area contributed by atoms with Gasteiger partial charge in [0.25, 0.3) is 0 Å². The molecule has 0 saturated carbocycles. The number of para-hydroxylation sites is 2. The highest BCUT2D eigenvalue weighted by Gasteiger charge is 2.03. The highest BCUT2D eigenvalue weighted by atomic mass is 16.5. The molecule has 5 nitrogen and oxygen atoms in total. The van der Waals surface area contributed by atoms with Gasteiger partial charge in [0.2, 0.25) is 5.95 Å². The molecule has 0 radical (unpaired) electrons. The first-order valence-electron chi connectivity index (χ1n) is 9.02. The zero-order valence-electron chi connectivity index (χ0n) is 15.5. The summed E-state index contributed by atoms with van der Waals surface area (Å²) in [7, 11) is 0. The molecule has 28 heavy (non-hydrogen) atoms. The van der Waals surface area contributed by atoms with E-state index < -0.39 is 0 Å². The average Bonchev–Trinajstić information content (AvgIpc) is 2.72. The molecule has 0 aliphatic rings. The maximum absolute atomic E-state index is 5.82. The van der Waals surface area contributed by atoms with E-state index in [1.54, 1.807) is 6.20 Å². The molecule has 138 valence electrons. The van der Waals surface area contributed by atoms with Crippen LogP contribution in [0.2, 0.25) is 0 Å². The molecule has 0 bridgehead atoms. The topological polar surface area (TPSA) is 59.1 Å². The van der Waals surface area contributed by atoms with Gasteiger partial charge in [0.05, 0.1) is 0 Å². The fourth-order valence-electron chi connectivity index (χ4n) is 2.70. The minimum absolute atomic E-state index is 0.545. The standard InChI is InChI=1S/C23H20N4O/c1-17-7-5-6-10-21(17)26-23-24-16-15-22(27-23)25-18-11-13-20(14-12-18)28-19-8-3-2-4-9-19/h2-16H,1H3,(H2,24,25,26,27). The number of aromatic nitrogens is 2. The van der Waals surface area contributed by atoms with Crippen molar-refractivity contribution in [2.75, 3.05) is 10.6 Å². The zero-order valence-corrected chi connectivity index (χ0v) is 15.5. The first-order chi connectivity index (χ1) is 13.8. The lowest BCUT2D eigenvalue weighted by atomic mass is 10.2. The molecule has 4 aromatic rings. The number of hydrogen-bond donors (Lipinski definition) is 2. The van der Waals surface area contributed by atoms with Crippen LogP contribution >= 0.6 is 0 Å². The van der Waals surface area contributed by atoms with Gasteiger partial charge in [-0.05, 0) is 61.0 Å². The Morgan fingerprint density at radius 2 is 1.43 bits per heavy atom. The highest BCUT2D eigenvalue weighted by Crippen LogP contribution is 2.24. The Labute approximate surface area is 164 Å². The molecule has 3 aromatic carbocycles. The Balaban J connectivity index is 1.43. The van der Waals surface area contributed by atoms with Crippen molar-refractivity contribution < 1.29 is 4.74 Å². The molecule has 0 atom stereocenters. The molecule has 0 fully saturated rings. The van der Waals surface area contributed by atoms with Crippen molar-refractivity contribution in [1.82, 2.24) is 9.97 Å². The largest absolute Gasteiger partial charge is 0.457 e. The third-order valence-corrected chi connectivity index (χ3v) is 4.15. The Kier molecular flexibility index (Phi) is 5.15. The molecule has 0 spiro atoms. The minimum atomic E-state index is 0.545. The molecular formula is C23H20N4O. The second-order valence-corrected chi connectivity index (χ2v) is 6.27. The Morgan fingerprint density at radius 1 is 0.714 bits per heavy atom. The summed E-state index contributed by atoms with van der Waals surface area (Å²) in [6, 6.07) is 27.3. The van der Waals surface area contributed by atoms with Crippen LogP contribution in [0.25, 0.3) is 0 Å². The molecule has 0 aliphatic carbocycles. The first kappa shape index (κ1) is 17.5. The smallest absolute Gasteiger partial charge is 0.229 e. The fraction of sp³-hybridized carbons (Fsp3) is 0.0435. The maximum atomic E-state index is 5.82. The SMILES string of the molecule is Cc1ccccc1Nc1nccc(Nc2ccc(Oc3ccccc3)cc2)n1. The quantitative estimate of drug-likeness (QED) is 0.433. The maximum Gasteiger partial charge on any atom is 0.229 e. The Morgan fingerprint density at radius 3 is 2.21 bits per heavy atom. The number of hydrogen-bond acceptors (Lipinski definition) is 5. The zero-order chi connectivity index (χ0) is 19.2. The summed E-state index contributed by atoms with van der Waals surface area (Å²) in [5, 5.41) is 6.54. The van der Waals surface area contributed by atoms with E-state index in [0.29, 0.717) is 11.8 Å². The monoisotopic (exact) mass is 368 g/mol. The van der Waals surface area contributed by atoms with E-state index in [2.05, 4.69) is 20.6 Å². The summed E-state index contributed by atoms with van der Waals surface area (Å²) in [5.41, 5.74) is 3.04. The molecular weight excluding hydrogens is 348 g/mol. The van der Waals surface area contributed by atoms with Crippen molar-refractivity contribution in [2.45, 2.75) is 6.92 Å².